The number of aryl methyl sites for hydroxylation is 2. The van der Waals surface area contributed by atoms with Gasteiger partial charge in [-0.25, -0.2) is 0 Å². The van der Waals surface area contributed by atoms with Crippen LogP contribution in [0.2, 0.25) is 0 Å². The predicted octanol–water partition coefficient (Wildman–Crippen LogP) is 6.94. The lowest BCUT2D eigenvalue weighted by molar-refractivity contribution is -0.136. The van der Waals surface area contributed by atoms with Crippen LogP contribution in [0.1, 0.15) is 77.1 Å². The fraction of sp³-hybridized carbons (Fsp3) is 0.480. The molecule has 0 unspecified atom stereocenters. The highest BCUT2D eigenvalue weighted by Crippen LogP contribution is 2.42. The zero-order valence-electron chi connectivity index (χ0n) is 19.7. The van der Waals surface area contributed by atoms with Crippen molar-refractivity contribution in [2.24, 2.45) is 0 Å². The van der Waals surface area contributed by atoms with E-state index in [1.165, 1.54) is 0 Å². The van der Waals surface area contributed by atoms with Gasteiger partial charge >= 0.3 is 5.97 Å². The van der Waals surface area contributed by atoms with E-state index >= 15 is 0 Å². The Balaban J connectivity index is 0.000000804. The minimum atomic E-state index is -0.745. The quantitative estimate of drug-likeness (QED) is 0.489. The lowest BCUT2D eigenvalue weighted by atomic mass is 9.86. The summed E-state index contributed by atoms with van der Waals surface area (Å²) >= 11 is 1.70. The van der Waals surface area contributed by atoms with Gasteiger partial charge in [-0.3, -0.25) is 4.79 Å². The second kappa shape index (κ2) is 9.78. The molecule has 0 heterocycles. The second-order valence-corrected chi connectivity index (χ2v) is 10.7. The minimum absolute atomic E-state index is 0.117. The lowest BCUT2D eigenvalue weighted by Crippen LogP contribution is -2.12. The van der Waals surface area contributed by atoms with Crippen LogP contribution < -0.4 is 0 Å². The number of phenolic OH excluding ortho intramolecular Hbond substituents is 2. The topological polar surface area (TPSA) is 77.8 Å². The number of phenols is 2. The largest absolute Gasteiger partial charge is 0.508 e. The third kappa shape index (κ3) is 6.98. The van der Waals surface area contributed by atoms with Gasteiger partial charge in [-0.1, -0.05) is 60.2 Å². The number of aliphatic carboxylic acids is 1. The summed E-state index contributed by atoms with van der Waals surface area (Å²) in [5.41, 5.74) is 3.78. The molecular formula is C25H36O4S. The average molecular weight is 433 g/mol. The number of benzene rings is 2. The molecule has 166 valence electrons. The molecule has 0 saturated heterocycles. The Morgan fingerprint density at radius 2 is 1.10 bits per heavy atom. The summed E-state index contributed by atoms with van der Waals surface area (Å²) in [5, 5.41) is 28.4. The number of aromatic hydroxyl groups is 2. The van der Waals surface area contributed by atoms with Gasteiger partial charge in [-0.05, 0) is 60.1 Å². The molecule has 0 radical (unpaired) electrons. The summed E-state index contributed by atoms with van der Waals surface area (Å²) in [4.78, 5) is 11.6. The van der Waals surface area contributed by atoms with E-state index < -0.39 is 5.97 Å². The number of carbonyl (C=O) groups is 1. The van der Waals surface area contributed by atoms with Crippen molar-refractivity contribution in [1.82, 2.24) is 0 Å². The summed E-state index contributed by atoms with van der Waals surface area (Å²) in [6, 6.07) is 7.89. The molecule has 0 saturated carbocycles. The van der Waals surface area contributed by atoms with Gasteiger partial charge in [-0.15, -0.1) is 0 Å². The fourth-order valence-corrected chi connectivity index (χ4v) is 3.92. The third-order valence-corrected chi connectivity index (χ3v) is 6.04. The van der Waals surface area contributed by atoms with Crippen LogP contribution in [0, 0.1) is 13.8 Å². The van der Waals surface area contributed by atoms with Crippen LogP contribution >= 0.6 is 11.8 Å². The molecule has 0 aromatic heterocycles. The minimum Gasteiger partial charge on any atom is -0.508 e. The van der Waals surface area contributed by atoms with Crippen LogP contribution in [0.15, 0.2) is 34.1 Å². The third-order valence-electron chi connectivity index (χ3n) is 4.72. The van der Waals surface area contributed by atoms with Gasteiger partial charge in [0, 0.05) is 27.3 Å². The maximum atomic E-state index is 10.3. The van der Waals surface area contributed by atoms with Gasteiger partial charge in [0.05, 0.1) is 0 Å². The van der Waals surface area contributed by atoms with Crippen molar-refractivity contribution in [3.63, 3.8) is 0 Å². The van der Waals surface area contributed by atoms with Gasteiger partial charge in [0.15, 0.2) is 0 Å². The highest BCUT2D eigenvalue weighted by Gasteiger charge is 2.22. The summed E-state index contributed by atoms with van der Waals surface area (Å²) in [6.45, 7) is 18.3. The Kier molecular flexibility index (Phi) is 8.44. The SMILES string of the molecule is CCC(=O)O.Cc1cc(O)c(C(C)(C)C)cc1Sc1cc(C(C)(C)C)c(O)cc1C. The molecule has 0 spiro atoms. The van der Waals surface area contributed by atoms with E-state index in [2.05, 4.69) is 53.7 Å². The van der Waals surface area contributed by atoms with Gasteiger partial charge in [0.2, 0.25) is 0 Å². The molecule has 5 heteroatoms. The van der Waals surface area contributed by atoms with Gasteiger partial charge < -0.3 is 15.3 Å². The Labute approximate surface area is 185 Å². The van der Waals surface area contributed by atoms with Crippen molar-refractivity contribution in [1.29, 1.82) is 0 Å². The van der Waals surface area contributed by atoms with Gasteiger partial charge in [0.1, 0.15) is 11.5 Å². The molecule has 2 aromatic carbocycles. The van der Waals surface area contributed by atoms with Crippen LogP contribution in [0.4, 0.5) is 0 Å². The number of carboxylic acid groups (broad SMARTS) is 1. The molecule has 4 nitrogen and oxygen atoms in total. The van der Waals surface area contributed by atoms with Gasteiger partial charge in [0.25, 0.3) is 0 Å². The van der Waals surface area contributed by atoms with Crippen molar-refractivity contribution in [2.45, 2.75) is 89.4 Å². The standard InChI is InChI=1S/C22H30O2S.C3H6O2/c1-13-9-17(23)15(21(3,4)5)11-19(13)25-20-12-16(22(6,7)8)18(24)10-14(20)2;1-2-3(4)5/h9-12,23-24H,1-8H3;2H2,1H3,(H,4,5). The van der Waals surface area contributed by atoms with Gasteiger partial charge in [-0.2, -0.15) is 0 Å². The second-order valence-electron chi connectivity index (χ2n) is 9.62. The van der Waals surface area contributed by atoms with Crippen molar-refractivity contribution >= 4 is 17.7 Å². The van der Waals surface area contributed by atoms with Crippen molar-refractivity contribution in [3.8, 4) is 11.5 Å². The summed E-state index contributed by atoms with van der Waals surface area (Å²) < 4.78 is 0. The highest BCUT2D eigenvalue weighted by molar-refractivity contribution is 7.99. The zero-order valence-corrected chi connectivity index (χ0v) is 20.5. The van der Waals surface area contributed by atoms with Crippen molar-refractivity contribution < 1.29 is 20.1 Å². The molecule has 0 bridgehead atoms. The maximum Gasteiger partial charge on any atom is 0.303 e. The molecule has 0 aliphatic carbocycles. The van der Waals surface area contributed by atoms with Crippen LogP contribution in [0.25, 0.3) is 0 Å². The fourth-order valence-electron chi connectivity index (χ4n) is 2.89. The molecular weight excluding hydrogens is 396 g/mol. The monoisotopic (exact) mass is 432 g/mol. The molecule has 0 aliphatic heterocycles. The van der Waals surface area contributed by atoms with Crippen LogP contribution in [0.5, 0.6) is 11.5 Å². The van der Waals surface area contributed by atoms with E-state index in [-0.39, 0.29) is 17.3 Å². The molecule has 0 aliphatic rings. The van der Waals surface area contributed by atoms with Crippen LogP contribution in [-0.4, -0.2) is 21.3 Å². The molecule has 2 rings (SSSR count). The van der Waals surface area contributed by atoms with E-state index in [1.807, 2.05) is 26.0 Å². The Hall–Kier alpha value is -2.14. The zero-order chi connectivity index (χ0) is 23.4. The summed E-state index contributed by atoms with van der Waals surface area (Å²) in [5.74, 6) is -0.0377. The van der Waals surface area contributed by atoms with E-state index in [0.717, 1.165) is 32.0 Å². The van der Waals surface area contributed by atoms with E-state index in [9.17, 15) is 15.0 Å². The molecule has 2 aromatic rings. The summed E-state index contributed by atoms with van der Waals surface area (Å²) in [6.07, 6.45) is 0.222. The first-order chi connectivity index (χ1) is 13.6. The Morgan fingerprint density at radius 1 is 0.800 bits per heavy atom. The molecule has 30 heavy (non-hydrogen) atoms. The van der Waals surface area contributed by atoms with E-state index in [1.54, 1.807) is 18.7 Å². The molecule has 0 atom stereocenters. The van der Waals surface area contributed by atoms with E-state index in [0.29, 0.717) is 11.5 Å². The number of carboxylic acids is 1. The maximum absolute atomic E-state index is 10.3. The van der Waals surface area contributed by atoms with Crippen molar-refractivity contribution in [3.05, 3.63) is 46.5 Å². The van der Waals surface area contributed by atoms with Crippen LogP contribution in [-0.2, 0) is 15.6 Å². The number of rotatable bonds is 3. The Bertz CT molecular complexity index is 835. The lowest BCUT2D eigenvalue weighted by Gasteiger charge is -2.24. The first-order valence-corrected chi connectivity index (χ1v) is 11.0. The molecule has 3 N–H and O–H groups in total. The molecule has 0 amide bonds. The molecule has 0 fully saturated rings. The first-order valence-electron chi connectivity index (χ1n) is 10.2. The number of hydrogen-bond donors (Lipinski definition) is 3. The average Bonchev–Trinajstić information content (AvgIpc) is 2.57. The highest BCUT2D eigenvalue weighted by atomic mass is 32.2. The van der Waals surface area contributed by atoms with Crippen molar-refractivity contribution in [2.75, 3.05) is 0 Å². The normalized spacial score (nSPS) is 11.6. The predicted molar refractivity (Wildman–Crippen MR) is 125 cm³/mol. The number of hydrogen-bond acceptors (Lipinski definition) is 4. The van der Waals surface area contributed by atoms with E-state index in [4.69, 9.17) is 5.11 Å². The first kappa shape index (κ1) is 25.9. The summed E-state index contributed by atoms with van der Waals surface area (Å²) in [7, 11) is 0. The smallest absolute Gasteiger partial charge is 0.303 e. The Morgan fingerprint density at radius 3 is 1.33 bits per heavy atom. The van der Waals surface area contributed by atoms with Crippen LogP contribution in [0.3, 0.4) is 0 Å².